The molecule has 1 N–H and O–H groups in total. The smallest absolute Gasteiger partial charge is 0.0278 e. The highest BCUT2D eigenvalue weighted by Crippen LogP contribution is 2.21. The van der Waals surface area contributed by atoms with Gasteiger partial charge in [0.2, 0.25) is 0 Å². The average Bonchev–Trinajstić information content (AvgIpc) is 2.38. The molecule has 1 aromatic rings. The summed E-state index contributed by atoms with van der Waals surface area (Å²) in [5.74, 6) is 0.704. The molecule has 19 heavy (non-hydrogen) atoms. The van der Waals surface area contributed by atoms with E-state index in [1.807, 2.05) is 0 Å². The molecule has 0 spiro atoms. The van der Waals surface area contributed by atoms with E-state index in [4.69, 9.17) is 0 Å². The molecule has 1 fully saturated rings. The molecule has 1 unspecified atom stereocenters. The van der Waals surface area contributed by atoms with Crippen LogP contribution in [0.5, 0.6) is 0 Å². The zero-order valence-electron chi connectivity index (χ0n) is 12.8. The van der Waals surface area contributed by atoms with Gasteiger partial charge in [-0.25, -0.2) is 0 Å². The largest absolute Gasteiger partial charge is 0.311 e. The van der Waals surface area contributed by atoms with Crippen LogP contribution in [0, 0.1) is 5.92 Å². The maximum absolute atomic E-state index is 3.70. The minimum Gasteiger partial charge on any atom is -0.311 e. The fraction of sp³-hybridized carbons (Fsp3) is 0.647. The van der Waals surface area contributed by atoms with Crippen molar-refractivity contribution in [2.75, 3.05) is 19.6 Å². The Morgan fingerprint density at radius 3 is 2.58 bits per heavy atom. The molecule has 1 atom stereocenters. The van der Waals surface area contributed by atoms with Crippen LogP contribution in [0.2, 0.25) is 0 Å². The van der Waals surface area contributed by atoms with Crippen molar-refractivity contribution in [1.82, 2.24) is 10.2 Å². The number of benzene rings is 1. The molecule has 1 heterocycles. The standard InChI is InChI=1S/C17H28N2/c1-14(2)16-12-19(17(3,4)13-18-16)11-10-15-8-6-5-7-9-15/h5-9,14,16,18H,10-13H2,1-4H3. The van der Waals surface area contributed by atoms with Crippen molar-refractivity contribution in [3.63, 3.8) is 0 Å². The Balaban J connectivity index is 1.96. The van der Waals surface area contributed by atoms with Gasteiger partial charge in [-0.05, 0) is 31.7 Å². The number of nitrogens with one attached hydrogen (secondary N) is 1. The molecule has 1 saturated heterocycles. The fourth-order valence-electron chi connectivity index (χ4n) is 2.79. The SMILES string of the molecule is CC(C)C1CN(CCc2ccccc2)C(C)(C)CN1. The summed E-state index contributed by atoms with van der Waals surface area (Å²) in [4.78, 5) is 2.65. The van der Waals surface area contributed by atoms with Gasteiger partial charge in [-0.15, -0.1) is 0 Å². The quantitative estimate of drug-likeness (QED) is 0.895. The Morgan fingerprint density at radius 1 is 1.26 bits per heavy atom. The van der Waals surface area contributed by atoms with Crippen molar-refractivity contribution in [3.05, 3.63) is 35.9 Å². The Hall–Kier alpha value is -0.860. The van der Waals surface area contributed by atoms with Crippen molar-refractivity contribution in [1.29, 1.82) is 0 Å². The van der Waals surface area contributed by atoms with E-state index in [1.54, 1.807) is 0 Å². The van der Waals surface area contributed by atoms with Gasteiger partial charge in [-0.3, -0.25) is 4.90 Å². The van der Waals surface area contributed by atoms with Gasteiger partial charge in [0, 0.05) is 31.2 Å². The first-order valence-electron chi connectivity index (χ1n) is 7.51. The molecule has 1 aliphatic heterocycles. The van der Waals surface area contributed by atoms with E-state index >= 15 is 0 Å². The molecule has 0 bridgehead atoms. The summed E-state index contributed by atoms with van der Waals surface area (Å²) in [5, 5.41) is 3.70. The summed E-state index contributed by atoms with van der Waals surface area (Å²) in [6.45, 7) is 12.7. The highest BCUT2D eigenvalue weighted by atomic mass is 15.3. The Morgan fingerprint density at radius 2 is 1.95 bits per heavy atom. The first-order chi connectivity index (χ1) is 8.99. The molecular weight excluding hydrogens is 232 g/mol. The summed E-state index contributed by atoms with van der Waals surface area (Å²) < 4.78 is 0. The number of nitrogens with zero attached hydrogens (tertiary/aromatic N) is 1. The Bertz CT molecular complexity index is 384. The van der Waals surface area contributed by atoms with Gasteiger partial charge < -0.3 is 5.32 Å². The van der Waals surface area contributed by atoms with E-state index in [-0.39, 0.29) is 5.54 Å². The second-order valence-corrected chi connectivity index (χ2v) is 6.73. The molecule has 1 aliphatic rings. The van der Waals surface area contributed by atoms with Crippen molar-refractivity contribution in [2.24, 2.45) is 5.92 Å². The lowest BCUT2D eigenvalue weighted by molar-refractivity contribution is 0.0558. The highest BCUT2D eigenvalue weighted by molar-refractivity contribution is 5.15. The van der Waals surface area contributed by atoms with Crippen LogP contribution in [0.1, 0.15) is 33.3 Å². The summed E-state index contributed by atoms with van der Waals surface area (Å²) in [7, 11) is 0. The van der Waals surface area contributed by atoms with Crippen molar-refractivity contribution in [3.8, 4) is 0 Å². The van der Waals surface area contributed by atoms with E-state index < -0.39 is 0 Å². The number of rotatable bonds is 4. The Labute approximate surface area is 118 Å². The molecule has 2 rings (SSSR count). The van der Waals surface area contributed by atoms with Gasteiger partial charge in [0.05, 0.1) is 0 Å². The van der Waals surface area contributed by atoms with Gasteiger partial charge in [0.15, 0.2) is 0 Å². The lowest BCUT2D eigenvalue weighted by Gasteiger charge is -2.47. The molecule has 0 aromatic heterocycles. The molecule has 2 heteroatoms. The summed E-state index contributed by atoms with van der Waals surface area (Å²) >= 11 is 0. The van der Waals surface area contributed by atoms with Gasteiger partial charge in [0.1, 0.15) is 0 Å². The first kappa shape index (κ1) is 14.5. The number of hydrogen-bond acceptors (Lipinski definition) is 2. The molecule has 106 valence electrons. The summed E-state index contributed by atoms with van der Waals surface area (Å²) in [6, 6.07) is 11.4. The number of hydrogen-bond donors (Lipinski definition) is 1. The molecule has 0 amide bonds. The van der Waals surface area contributed by atoms with Crippen LogP contribution < -0.4 is 5.32 Å². The van der Waals surface area contributed by atoms with Gasteiger partial charge in [0.25, 0.3) is 0 Å². The second-order valence-electron chi connectivity index (χ2n) is 6.73. The number of piperazine rings is 1. The molecule has 0 radical (unpaired) electrons. The van der Waals surface area contributed by atoms with E-state index in [9.17, 15) is 0 Å². The van der Waals surface area contributed by atoms with E-state index in [1.165, 1.54) is 5.56 Å². The van der Waals surface area contributed by atoms with Crippen molar-refractivity contribution < 1.29 is 0 Å². The van der Waals surface area contributed by atoms with Gasteiger partial charge in [-0.1, -0.05) is 44.2 Å². The molecule has 0 aliphatic carbocycles. The normalized spacial score (nSPS) is 23.7. The summed E-state index contributed by atoms with van der Waals surface area (Å²) in [6.07, 6.45) is 1.15. The van der Waals surface area contributed by atoms with E-state index in [0.717, 1.165) is 26.1 Å². The van der Waals surface area contributed by atoms with Crippen molar-refractivity contribution >= 4 is 0 Å². The molecular formula is C17H28N2. The zero-order valence-corrected chi connectivity index (χ0v) is 12.8. The van der Waals surface area contributed by atoms with Crippen LogP contribution in [0.3, 0.4) is 0 Å². The lowest BCUT2D eigenvalue weighted by atomic mass is 9.92. The topological polar surface area (TPSA) is 15.3 Å². The third-order valence-electron chi connectivity index (χ3n) is 4.39. The second kappa shape index (κ2) is 6.06. The van der Waals surface area contributed by atoms with Gasteiger partial charge >= 0.3 is 0 Å². The highest BCUT2D eigenvalue weighted by Gasteiger charge is 2.34. The minimum absolute atomic E-state index is 0.264. The predicted molar refractivity (Wildman–Crippen MR) is 82.4 cm³/mol. The lowest BCUT2D eigenvalue weighted by Crippen LogP contribution is -2.63. The third kappa shape index (κ3) is 3.80. The average molecular weight is 260 g/mol. The molecule has 0 saturated carbocycles. The third-order valence-corrected chi connectivity index (χ3v) is 4.39. The predicted octanol–water partition coefficient (Wildman–Crippen LogP) is 2.94. The van der Waals surface area contributed by atoms with Crippen LogP contribution in [0.25, 0.3) is 0 Å². The van der Waals surface area contributed by atoms with Crippen LogP contribution in [-0.2, 0) is 6.42 Å². The molecule has 1 aromatic carbocycles. The first-order valence-corrected chi connectivity index (χ1v) is 7.51. The summed E-state index contributed by atoms with van der Waals surface area (Å²) in [5.41, 5.74) is 1.71. The Kier molecular flexibility index (Phi) is 4.64. The monoisotopic (exact) mass is 260 g/mol. The maximum atomic E-state index is 3.70. The fourth-order valence-corrected chi connectivity index (χ4v) is 2.79. The van der Waals surface area contributed by atoms with Crippen molar-refractivity contribution in [2.45, 2.75) is 45.7 Å². The van der Waals surface area contributed by atoms with Gasteiger partial charge in [-0.2, -0.15) is 0 Å². The van der Waals surface area contributed by atoms with Crippen LogP contribution in [0.15, 0.2) is 30.3 Å². The zero-order chi connectivity index (χ0) is 13.9. The minimum atomic E-state index is 0.264. The van der Waals surface area contributed by atoms with E-state index in [0.29, 0.717) is 12.0 Å². The van der Waals surface area contributed by atoms with Crippen LogP contribution in [0.4, 0.5) is 0 Å². The van der Waals surface area contributed by atoms with Crippen LogP contribution in [-0.4, -0.2) is 36.1 Å². The van der Waals surface area contributed by atoms with Crippen LogP contribution >= 0.6 is 0 Å². The maximum Gasteiger partial charge on any atom is 0.0278 e. The molecule has 2 nitrogen and oxygen atoms in total. The van der Waals surface area contributed by atoms with E-state index in [2.05, 4.69) is 68.2 Å².